The molecular formula is C12H12N2O4S. The first kappa shape index (κ1) is 13.4. The Kier molecular flexibility index (Phi) is 3.50. The third kappa shape index (κ3) is 2.72. The number of sulfonamides is 1. The number of pyridine rings is 1. The normalized spacial score (nSPS) is 13.3. The highest BCUT2D eigenvalue weighted by Gasteiger charge is 2.22. The van der Waals surface area contributed by atoms with Gasteiger partial charge in [0, 0.05) is 23.2 Å². The van der Waals surface area contributed by atoms with Crippen LogP contribution in [0.4, 0.5) is 0 Å². The van der Waals surface area contributed by atoms with Gasteiger partial charge in [-0.05, 0) is 19.1 Å². The van der Waals surface area contributed by atoms with E-state index in [1.54, 1.807) is 24.4 Å². The number of benzene rings is 1. The zero-order chi connectivity index (χ0) is 14.0. The minimum atomic E-state index is -3.89. The van der Waals surface area contributed by atoms with Gasteiger partial charge in [0.25, 0.3) is 0 Å². The number of carboxylic acid groups (broad SMARTS) is 1. The number of rotatable bonds is 4. The Bertz CT molecular complexity index is 722. The number of aromatic nitrogens is 1. The Balaban J connectivity index is 2.52. The first-order valence-corrected chi connectivity index (χ1v) is 6.98. The second-order valence-corrected chi connectivity index (χ2v) is 5.72. The summed E-state index contributed by atoms with van der Waals surface area (Å²) in [6, 6.07) is 5.14. The van der Waals surface area contributed by atoms with Crippen molar-refractivity contribution in [1.29, 1.82) is 0 Å². The van der Waals surface area contributed by atoms with Crippen LogP contribution in [0.3, 0.4) is 0 Å². The molecule has 0 fully saturated rings. The minimum Gasteiger partial charge on any atom is -0.480 e. The van der Waals surface area contributed by atoms with Crippen molar-refractivity contribution >= 4 is 26.8 Å². The van der Waals surface area contributed by atoms with E-state index in [-0.39, 0.29) is 4.90 Å². The molecule has 0 saturated carbocycles. The van der Waals surface area contributed by atoms with E-state index in [9.17, 15) is 13.2 Å². The van der Waals surface area contributed by atoms with Crippen LogP contribution >= 0.6 is 0 Å². The minimum absolute atomic E-state index is 0.0421. The zero-order valence-electron chi connectivity index (χ0n) is 10.1. The Morgan fingerprint density at radius 3 is 2.79 bits per heavy atom. The highest BCUT2D eigenvalue weighted by molar-refractivity contribution is 7.89. The number of aliphatic carboxylic acids is 1. The summed E-state index contributed by atoms with van der Waals surface area (Å²) < 4.78 is 26.4. The summed E-state index contributed by atoms with van der Waals surface area (Å²) in [7, 11) is -3.89. The summed E-state index contributed by atoms with van der Waals surface area (Å²) in [6.07, 6.45) is 3.04. The molecule has 0 saturated heterocycles. The molecule has 0 radical (unpaired) electrons. The smallest absolute Gasteiger partial charge is 0.321 e. The number of nitrogens with zero attached hydrogens (tertiary/aromatic N) is 1. The summed E-state index contributed by atoms with van der Waals surface area (Å²) in [5.41, 5.74) is 0. The lowest BCUT2D eigenvalue weighted by atomic mass is 10.2. The Hall–Kier alpha value is -1.99. The molecule has 0 aliphatic rings. The van der Waals surface area contributed by atoms with Crippen molar-refractivity contribution in [2.24, 2.45) is 0 Å². The van der Waals surface area contributed by atoms with E-state index in [0.717, 1.165) is 0 Å². The largest absolute Gasteiger partial charge is 0.480 e. The Morgan fingerprint density at radius 2 is 2.11 bits per heavy atom. The third-order valence-electron chi connectivity index (χ3n) is 2.63. The number of carbonyl (C=O) groups is 1. The van der Waals surface area contributed by atoms with Crippen molar-refractivity contribution in [1.82, 2.24) is 9.71 Å². The van der Waals surface area contributed by atoms with Gasteiger partial charge in [-0.1, -0.05) is 12.1 Å². The topological polar surface area (TPSA) is 96.4 Å². The Labute approximate surface area is 110 Å². The molecule has 7 heteroatoms. The van der Waals surface area contributed by atoms with Crippen LogP contribution in [-0.2, 0) is 14.8 Å². The lowest BCUT2D eigenvalue weighted by molar-refractivity contribution is -0.138. The third-order valence-corrected chi connectivity index (χ3v) is 4.23. The quantitative estimate of drug-likeness (QED) is 0.870. The number of carboxylic acids is 1. The van der Waals surface area contributed by atoms with Crippen molar-refractivity contribution < 1.29 is 18.3 Å². The molecule has 19 heavy (non-hydrogen) atoms. The average molecular weight is 280 g/mol. The van der Waals surface area contributed by atoms with Gasteiger partial charge in [0.1, 0.15) is 6.04 Å². The van der Waals surface area contributed by atoms with Crippen LogP contribution in [0.25, 0.3) is 10.8 Å². The fourth-order valence-corrected chi connectivity index (χ4v) is 3.10. The second kappa shape index (κ2) is 4.94. The van der Waals surface area contributed by atoms with E-state index in [0.29, 0.717) is 10.8 Å². The first-order chi connectivity index (χ1) is 8.92. The fourth-order valence-electron chi connectivity index (χ4n) is 1.67. The molecule has 1 atom stereocenters. The van der Waals surface area contributed by atoms with E-state index < -0.39 is 22.0 Å². The Morgan fingerprint density at radius 1 is 1.37 bits per heavy atom. The predicted molar refractivity (Wildman–Crippen MR) is 69.2 cm³/mol. The highest BCUT2D eigenvalue weighted by atomic mass is 32.2. The number of nitrogens with one attached hydrogen (secondary N) is 1. The lowest BCUT2D eigenvalue weighted by Crippen LogP contribution is -2.38. The summed E-state index contributed by atoms with van der Waals surface area (Å²) in [5.74, 6) is -1.23. The van der Waals surface area contributed by atoms with Crippen molar-refractivity contribution in [3.63, 3.8) is 0 Å². The molecule has 0 amide bonds. The maximum Gasteiger partial charge on any atom is 0.321 e. The van der Waals surface area contributed by atoms with Gasteiger partial charge < -0.3 is 5.11 Å². The maximum absolute atomic E-state index is 12.2. The molecule has 0 bridgehead atoms. The van der Waals surface area contributed by atoms with Crippen LogP contribution < -0.4 is 4.72 Å². The maximum atomic E-state index is 12.2. The standard InChI is InChI=1S/C12H12N2O4S/c1-8(12(15)16)14-19(17,18)11-4-2-3-9-7-13-6-5-10(9)11/h2-8,14H,1H3,(H,15,16). The van der Waals surface area contributed by atoms with Crippen LogP contribution in [0.2, 0.25) is 0 Å². The lowest BCUT2D eigenvalue weighted by Gasteiger charge is -2.11. The fraction of sp³-hybridized carbons (Fsp3) is 0.167. The zero-order valence-corrected chi connectivity index (χ0v) is 10.9. The second-order valence-electron chi connectivity index (χ2n) is 4.03. The average Bonchev–Trinajstić information content (AvgIpc) is 2.37. The van der Waals surface area contributed by atoms with Crippen molar-refractivity contribution in [3.05, 3.63) is 36.7 Å². The van der Waals surface area contributed by atoms with E-state index in [4.69, 9.17) is 5.11 Å². The van der Waals surface area contributed by atoms with Crippen LogP contribution in [0, 0.1) is 0 Å². The van der Waals surface area contributed by atoms with E-state index >= 15 is 0 Å². The van der Waals surface area contributed by atoms with Gasteiger partial charge in [-0.2, -0.15) is 4.72 Å². The van der Waals surface area contributed by atoms with Gasteiger partial charge >= 0.3 is 5.97 Å². The number of fused-ring (bicyclic) bond motifs is 1. The van der Waals surface area contributed by atoms with Gasteiger partial charge in [-0.3, -0.25) is 9.78 Å². The summed E-state index contributed by atoms with van der Waals surface area (Å²) >= 11 is 0. The first-order valence-electron chi connectivity index (χ1n) is 5.50. The van der Waals surface area contributed by atoms with Gasteiger partial charge in [-0.25, -0.2) is 8.42 Å². The van der Waals surface area contributed by atoms with Crippen LogP contribution in [0.15, 0.2) is 41.6 Å². The van der Waals surface area contributed by atoms with Crippen molar-refractivity contribution in [2.75, 3.05) is 0 Å². The molecule has 1 unspecified atom stereocenters. The SMILES string of the molecule is CC(NS(=O)(=O)c1cccc2cnccc12)C(=O)O. The van der Waals surface area contributed by atoms with Gasteiger partial charge in [-0.15, -0.1) is 0 Å². The van der Waals surface area contributed by atoms with E-state index in [1.165, 1.54) is 19.2 Å². The predicted octanol–water partition coefficient (Wildman–Crippen LogP) is 0.986. The highest BCUT2D eigenvalue weighted by Crippen LogP contribution is 2.21. The molecule has 1 aromatic carbocycles. The van der Waals surface area contributed by atoms with Crippen molar-refractivity contribution in [3.8, 4) is 0 Å². The van der Waals surface area contributed by atoms with Gasteiger partial charge in [0.05, 0.1) is 4.90 Å². The monoisotopic (exact) mass is 280 g/mol. The molecule has 0 aliphatic carbocycles. The summed E-state index contributed by atoms with van der Waals surface area (Å²) in [4.78, 5) is 14.7. The van der Waals surface area contributed by atoms with Crippen LogP contribution in [-0.4, -0.2) is 30.5 Å². The molecule has 0 spiro atoms. The molecule has 1 aromatic heterocycles. The molecule has 2 rings (SSSR count). The molecule has 2 aromatic rings. The summed E-state index contributed by atoms with van der Waals surface area (Å²) in [5, 5.41) is 9.95. The van der Waals surface area contributed by atoms with Gasteiger partial charge in [0.2, 0.25) is 10.0 Å². The molecule has 2 N–H and O–H groups in total. The van der Waals surface area contributed by atoms with Crippen molar-refractivity contribution in [2.45, 2.75) is 17.9 Å². The molecule has 1 heterocycles. The van der Waals surface area contributed by atoms with E-state index in [2.05, 4.69) is 9.71 Å². The number of hydrogen-bond donors (Lipinski definition) is 2. The summed E-state index contributed by atoms with van der Waals surface area (Å²) in [6.45, 7) is 1.27. The number of hydrogen-bond acceptors (Lipinski definition) is 4. The molecular weight excluding hydrogens is 268 g/mol. The molecule has 0 aliphatic heterocycles. The van der Waals surface area contributed by atoms with Crippen LogP contribution in [0.5, 0.6) is 0 Å². The molecule has 6 nitrogen and oxygen atoms in total. The van der Waals surface area contributed by atoms with E-state index in [1.807, 2.05) is 0 Å². The molecule has 100 valence electrons. The van der Waals surface area contributed by atoms with Crippen LogP contribution in [0.1, 0.15) is 6.92 Å². The van der Waals surface area contributed by atoms with Gasteiger partial charge in [0.15, 0.2) is 0 Å².